The zero-order valence-corrected chi connectivity index (χ0v) is 10.3. The van der Waals surface area contributed by atoms with Gasteiger partial charge >= 0.3 is 5.69 Å². The molecule has 5 nitrogen and oxygen atoms in total. The molecule has 0 amide bonds. The number of H-pyrrole nitrogens is 1. The number of nitrogens with one attached hydrogen (secondary N) is 1. The van der Waals surface area contributed by atoms with Gasteiger partial charge in [0.2, 0.25) is 0 Å². The van der Waals surface area contributed by atoms with Crippen LogP contribution in [0.3, 0.4) is 0 Å². The maximum atomic E-state index is 11.6. The highest BCUT2D eigenvalue weighted by molar-refractivity contribution is 7.99. The summed E-state index contributed by atoms with van der Waals surface area (Å²) in [6.45, 7) is 0. The minimum absolute atomic E-state index is 0.114. The summed E-state index contributed by atoms with van der Waals surface area (Å²) < 4.78 is 1.75. The molecule has 0 aliphatic heterocycles. The average Bonchev–Trinajstić information content (AvgIpc) is 3.05. The van der Waals surface area contributed by atoms with Crippen molar-refractivity contribution in [2.24, 2.45) is 0 Å². The second-order valence-electron chi connectivity index (χ2n) is 4.79. The molecule has 0 spiro atoms. The lowest BCUT2D eigenvalue weighted by Crippen LogP contribution is -2.19. The first kappa shape index (κ1) is 11.1. The standard InChI is InChI=1S/C11H15N3O2S/c15-8-2-1-3-9(6-8)17-11-13-12-10(16)14(11)7-4-5-7/h7,9H,1-6H2,(H,12,16). The molecule has 2 fully saturated rings. The van der Waals surface area contributed by atoms with Crippen molar-refractivity contribution in [3.05, 3.63) is 10.5 Å². The minimum Gasteiger partial charge on any atom is -0.300 e. The molecule has 0 saturated heterocycles. The topological polar surface area (TPSA) is 67.8 Å². The van der Waals surface area contributed by atoms with Crippen molar-refractivity contribution in [2.75, 3.05) is 0 Å². The van der Waals surface area contributed by atoms with Gasteiger partial charge in [0.05, 0.1) is 0 Å². The zero-order chi connectivity index (χ0) is 11.8. The molecule has 0 bridgehead atoms. The first-order chi connectivity index (χ1) is 8.24. The number of carbonyl (C=O) groups is 1. The Morgan fingerprint density at radius 2 is 2.12 bits per heavy atom. The Bertz CT molecular complexity index is 489. The summed E-state index contributed by atoms with van der Waals surface area (Å²) in [5.74, 6) is 0.338. The summed E-state index contributed by atoms with van der Waals surface area (Å²) in [7, 11) is 0. The molecule has 0 radical (unpaired) electrons. The van der Waals surface area contributed by atoms with Crippen molar-refractivity contribution in [3.8, 4) is 0 Å². The molecule has 2 saturated carbocycles. The van der Waals surface area contributed by atoms with Gasteiger partial charge in [-0.25, -0.2) is 9.89 Å². The van der Waals surface area contributed by atoms with Crippen LogP contribution < -0.4 is 5.69 Å². The molecule has 6 heteroatoms. The predicted molar refractivity (Wildman–Crippen MR) is 64.2 cm³/mol. The van der Waals surface area contributed by atoms with Crippen molar-refractivity contribution in [2.45, 2.75) is 55.0 Å². The molecule has 1 unspecified atom stereocenters. The second kappa shape index (κ2) is 4.33. The number of Topliss-reactive ketones (excluding diaryl/α,β-unsaturated/α-hetero) is 1. The fourth-order valence-corrected chi connectivity index (χ4v) is 3.56. The van der Waals surface area contributed by atoms with Gasteiger partial charge in [-0.05, 0) is 25.7 Å². The smallest absolute Gasteiger partial charge is 0.300 e. The van der Waals surface area contributed by atoms with E-state index in [-0.39, 0.29) is 5.69 Å². The van der Waals surface area contributed by atoms with E-state index in [1.54, 1.807) is 16.3 Å². The summed E-state index contributed by atoms with van der Waals surface area (Å²) in [5, 5.41) is 7.64. The van der Waals surface area contributed by atoms with Crippen molar-refractivity contribution in [3.63, 3.8) is 0 Å². The number of hydrogen-bond acceptors (Lipinski definition) is 4. The van der Waals surface area contributed by atoms with Crippen molar-refractivity contribution in [1.82, 2.24) is 14.8 Å². The lowest BCUT2D eigenvalue weighted by Gasteiger charge is -2.19. The van der Waals surface area contributed by atoms with Gasteiger partial charge in [-0.15, -0.1) is 5.10 Å². The van der Waals surface area contributed by atoms with Gasteiger partial charge < -0.3 is 0 Å². The molecule has 2 aliphatic carbocycles. The third-order valence-electron chi connectivity index (χ3n) is 3.29. The van der Waals surface area contributed by atoms with E-state index in [1.807, 2.05) is 0 Å². The molecule has 0 aromatic carbocycles. The molecule has 92 valence electrons. The number of aromatic nitrogens is 3. The molecule has 1 atom stereocenters. The number of ketones is 1. The monoisotopic (exact) mass is 253 g/mol. The third kappa shape index (κ3) is 2.31. The van der Waals surface area contributed by atoms with Crippen LogP contribution in [0.5, 0.6) is 0 Å². The number of hydrogen-bond donors (Lipinski definition) is 1. The van der Waals surface area contributed by atoms with E-state index in [1.165, 1.54) is 0 Å². The summed E-state index contributed by atoms with van der Waals surface area (Å²) in [5.41, 5.74) is -0.114. The van der Waals surface area contributed by atoms with Gasteiger partial charge in [0.25, 0.3) is 0 Å². The second-order valence-corrected chi connectivity index (χ2v) is 6.05. The van der Waals surface area contributed by atoms with E-state index in [0.717, 1.165) is 30.8 Å². The van der Waals surface area contributed by atoms with Gasteiger partial charge in [-0.2, -0.15) is 0 Å². The quantitative estimate of drug-likeness (QED) is 0.886. The molecule has 2 aliphatic rings. The van der Waals surface area contributed by atoms with Crippen LogP contribution in [-0.2, 0) is 4.79 Å². The van der Waals surface area contributed by atoms with E-state index < -0.39 is 0 Å². The molecular weight excluding hydrogens is 238 g/mol. The fourth-order valence-electron chi connectivity index (χ4n) is 2.26. The summed E-state index contributed by atoms with van der Waals surface area (Å²) in [6, 6.07) is 0.336. The number of thioether (sulfide) groups is 1. The molecule has 1 N–H and O–H groups in total. The van der Waals surface area contributed by atoms with Gasteiger partial charge in [-0.3, -0.25) is 9.36 Å². The van der Waals surface area contributed by atoms with Crippen LogP contribution in [0.15, 0.2) is 9.95 Å². The first-order valence-electron chi connectivity index (χ1n) is 6.09. The normalized spacial score (nSPS) is 25.2. The van der Waals surface area contributed by atoms with Crippen LogP contribution in [0, 0.1) is 0 Å². The Morgan fingerprint density at radius 1 is 1.29 bits per heavy atom. The van der Waals surface area contributed by atoms with Crippen LogP contribution in [0.4, 0.5) is 0 Å². The fraction of sp³-hybridized carbons (Fsp3) is 0.727. The molecular formula is C11H15N3O2S. The van der Waals surface area contributed by atoms with Crippen LogP contribution in [0.25, 0.3) is 0 Å². The number of nitrogens with zero attached hydrogens (tertiary/aromatic N) is 2. The number of aromatic amines is 1. The highest BCUT2D eigenvalue weighted by atomic mass is 32.2. The largest absolute Gasteiger partial charge is 0.344 e. The van der Waals surface area contributed by atoms with E-state index >= 15 is 0 Å². The molecule has 1 aromatic rings. The molecule has 3 rings (SSSR count). The van der Waals surface area contributed by atoms with Crippen molar-refractivity contribution >= 4 is 17.5 Å². The zero-order valence-electron chi connectivity index (χ0n) is 9.52. The maximum absolute atomic E-state index is 11.6. The maximum Gasteiger partial charge on any atom is 0.344 e. The van der Waals surface area contributed by atoms with Gasteiger partial charge in [0.15, 0.2) is 5.16 Å². The van der Waals surface area contributed by atoms with E-state index in [2.05, 4.69) is 10.2 Å². The van der Waals surface area contributed by atoms with Gasteiger partial charge in [0, 0.05) is 24.1 Å². The molecule has 1 aromatic heterocycles. The van der Waals surface area contributed by atoms with Crippen LogP contribution in [0.2, 0.25) is 0 Å². The highest BCUT2D eigenvalue weighted by Gasteiger charge is 2.30. The lowest BCUT2D eigenvalue weighted by molar-refractivity contribution is -0.120. The summed E-state index contributed by atoms with van der Waals surface area (Å²) in [6.07, 6.45) is 5.48. The first-order valence-corrected chi connectivity index (χ1v) is 6.97. The SMILES string of the molecule is O=C1CCCC(Sc2n[nH]c(=O)n2C2CC2)C1. The van der Waals surface area contributed by atoms with Crippen molar-refractivity contribution in [1.29, 1.82) is 0 Å². The van der Waals surface area contributed by atoms with Crippen LogP contribution in [0.1, 0.15) is 44.6 Å². The van der Waals surface area contributed by atoms with E-state index in [9.17, 15) is 9.59 Å². The van der Waals surface area contributed by atoms with Crippen LogP contribution >= 0.6 is 11.8 Å². The van der Waals surface area contributed by atoms with Crippen LogP contribution in [-0.4, -0.2) is 25.8 Å². The lowest BCUT2D eigenvalue weighted by atomic mass is 9.99. The number of carbonyl (C=O) groups excluding carboxylic acids is 1. The Balaban J connectivity index is 1.76. The van der Waals surface area contributed by atoms with E-state index in [4.69, 9.17) is 0 Å². The summed E-state index contributed by atoms with van der Waals surface area (Å²) in [4.78, 5) is 23.0. The molecule has 1 heterocycles. The number of rotatable bonds is 3. The molecule has 17 heavy (non-hydrogen) atoms. The van der Waals surface area contributed by atoms with Gasteiger partial charge in [-0.1, -0.05) is 11.8 Å². The average molecular weight is 253 g/mol. The Hall–Kier alpha value is -1.04. The minimum atomic E-state index is -0.114. The summed E-state index contributed by atoms with van der Waals surface area (Å²) >= 11 is 1.58. The van der Waals surface area contributed by atoms with Crippen molar-refractivity contribution < 1.29 is 4.79 Å². The van der Waals surface area contributed by atoms with E-state index in [0.29, 0.717) is 29.9 Å². The Morgan fingerprint density at radius 3 is 2.82 bits per heavy atom. The Kier molecular flexibility index (Phi) is 2.82. The Labute approximate surface area is 103 Å². The third-order valence-corrected chi connectivity index (χ3v) is 4.53. The predicted octanol–water partition coefficient (Wildman–Crippen LogP) is 1.51. The van der Waals surface area contributed by atoms with Gasteiger partial charge in [0.1, 0.15) is 5.78 Å². The highest BCUT2D eigenvalue weighted by Crippen LogP contribution is 2.38.